The number of hydrogen-bond acceptors (Lipinski definition) is 4. The van der Waals surface area contributed by atoms with Crippen LogP contribution >= 0.6 is 11.8 Å². The van der Waals surface area contributed by atoms with Gasteiger partial charge in [-0.15, -0.1) is 0 Å². The van der Waals surface area contributed by atoms with Gasteiger partial charge >= 0.3 is 0 Å². The van der Waals surface area contributed by atoms with Crippen LogP contribution in [0.5, 0.6) is 5.75 Å². The van der Waals surface area contributed by atoms with Crippen molar-refractivity contribution in [2.24, 2.45) is 0 Å². The van der Waals surface area contributed by atoms with Crippen LogP contribution in [-0.2, 0) is 5.75 Å². The number of aromatic nitrogens is 1. The molecule has 1 aromatic heterocycles. The zero-order chi connectivity index (χ0) is 15.1. The molecule has 0 saturated carbocycles. The van der Waals surface area contributed by atoms with Crippen LogP contribution in [0.15, 0.2) is 24.3 Å². The molecule has 1 heterocycles. The SMILES string of the molecule is CCCCSCc1cc2ccc(OC)cc2nc1NCC. The van der Waals surface area contributed by atoms with Gasteiger partial charge in [0.05, 0.1) is 12.6 Å². The van der Waals surface area contributed by atoms with E-state index in [4.69, 9.17) is 9.72 Å². The summed E-state index contributed by atoms with van der Waals surface area (Å²) < 4.78 is 5.28. The minimum atomic E-state index is 0.850. The Morgan fingerprint density at radius 2 is 2.10 bits per heavy atom. The Bertz CT molecular complexity index is 586. The van der Waals surface area contributed by atoms with E-state index in [0.29, 0.717) is 0 Å². The number of benzene rings is 1. The first-order valence-electron chi connectivity index (χ1n) is 7.57. The lowest BCUT2D eigenvalue weighted by Crippen LogP contribution is -2.03. The molecule has 0 atom stereocenters. The first kappa shape index (κ1) is 16.0. The number of nitrogens with zero attached hydrogens (tertiary/aromatic N) is 1. The van der Waals surface area contributed by atoms with Crippen molar-refractivity contribution in [2.45, 2.75) is 32.4 Å². The lowest BCUT2D eigenvalue weighted by molar-refractivity contribution is 0.415. The van der Waals surface area contributed by atoms with E-state index >= 15 is 0 Å². The molecule has 1 aromatic carbocycles. The predicted octanol–water partition coefficient (Wildman–Crippen LogP) is 4.71. The summed E-state index contributed by atoms with van der Waals surface area (Å²) in [5, 5.41) is 4.55. The maximum atomic E-state index is 5.28. The molecule has 0 radical (unpaired) electrons. The third-order valence-electron chi connectivity index (χ3n) is 3.35. The van der Waals surface area contributed by atoms with Gasteiger partial charge in [-0.25, -0.2) is 4.98 Å². The fourth-order valence-electron chi connectivity index (χ4n) is 2.18. The van der Waals surface area contributed by atoms with Crippen LogP contribution in [0.25, 0.3) is 10.9 Å². The highest BCUT2D eigenvalue weighted by atomic mass is 32.2. The molecule has 0 unspecified atom stereocenters. The standard InChI is InChI=1S/C17H24N2OS/c1-4-6-9-21-12-14-10-13-7-8-15(20-3)11-16(13)19-17(14)18-5-2/h7-8,10-11H,4-6,9,12H2,1-3H3,(H,18,19). The van der Waals surface area contributed by atoms with Crippen molar-refractivity contribution in [3.8, 4) is 5.75 Å². The van der Waals surface area contributed by atoms with Crippen LogP contribution in [0.2, 0.25) is 0 Å². The van der Waals surface area contributed by atoms with Crippen molar-refractivity contribution >= 4 is 28.5 Å². The van der Waals surface area contributed by atoms with E-state index in [0.717, 1.165) is 29.4 Å². The number of hydrogen-bond donors (Lipinski definition) is 1. The normalized spacial score (nSPS) is 10.8. The minimum absolute atomic E-state index is 0.850. The van der Waals surface area contributed by atoms with Gasteiger partial charge in [-0.1, -0.05) is 13.3 Å². The van der Waals surface area contributed by atoms with Gasteiger partial charge < -0.3 is 10.1 Å². The van der Waals surface area contributed by atoms with Crippen molar-refractivity contribution < 1.29 is 4.74 Å². The lowest BCUT2D eigenvalue weighted by Gasteiger charge is -2.12. The summed E-state index contributed by atoms with van der Waals surface area (Å²) in [4.78, 5) is 4.77. The summed E-state index contributed by atoms with van der Waals surface area (Å²) in [5.41, 5.74) is 2.27. The molecule has 4 heteroatoms. The average Bonchev–Trinajstić information content (AvgIpc) is 2.51. The van der Waals surface area contributed by atoms with Gasteiger partial charge in [-0.2, -0.15) is 11.8 Å². The number of pyridine rings is 1. The van der Waals surface area contributed by atoms with Gasteiger partial charge in [-0.3, -0.25) is 0 Å². The van der Waals surface area contributed by atoms with Crippen LogP contribution < -0.4 is 10.1 Å². The van der Waals surface area contributed by atoms with Gasteiger partial charge in [0.1, 0.15) is 11.6 Å². The van der Waals surface area contributed by atoms with Crippen molar-refractivity contribution in [1.82, 2.24) is 4.98 Å². The summed E-state index contributed by atoms with van der Waals surface area (Å²) in [5.74, 6) is 4.07. The van der Waals surface area contributed by atoms with Crippen molar-refractivity contribution in [3.05, 3.63) is 29.8 Å². The molecule has 21 heavy (non-hydrogen) atoms. The Hall–Kier alpha value is -1.42. The molecule has 0 spiro atoms. The second kappa shape index (κ2) is 8.13. The Labute approximate surface area is 131 Å². The monoisotopic (exact) mass is 304 g/mol. The molecular formula is C17H24N2OS. The van der Waals surface area contributed by atoms with Crippen molar-refractivity contribution in [1.29, 1.82) is 0 Å². The molecule has 114 valence electrons. The Balaban J connectivity index is 2.27. The van der Waals surface area contributed by atoms with Crippen LogP contribution in [0, 0.1) is 0 Å². The van der Waals surface area contributed by atoms with E-state index in [1.165, 1.54) is 29.5 Å². The van der Waals surface area contributed by atoms with E-state index in [1.807, 2.05) is 23.9 Å². The predicted molar refractivity (Wildman–Crippen MR) is 93.5 cm³/mol. The lowest BCUT2D eigenvalue weighted by atomic mass is 10.1. The number of unbranched alkanes of at least 4 members (excludes halogenated alkanes) is 1. The quantitative estimate of drug-likeness (QED) is 0.716. The van der Waals surface area contributed by atoms with Gasteiger partial charge in [0, 0.05) is 29.3 Å². The van der Waals surface area contributed by atoms with Crippen LogP contribution in [0.3, 0.4) is 0 Å². The van der Waals surface area contributed by atoms with Crippen molar-refractivity contribution in [3.63, 3.8) is 0 Å². The second-order valence-corrected chi connectivity index (χ2v) is 6.10. The topological polar surface area (TPSA) is 34.1 Å². The largest absolute Gasteiger partial charge is 0.497 e. The summed E-state index contributed by atoms with van der Waals surface area (Å²) in [6.45, 7) is 5.22. The zero-order valence-electron chi connectivity index (χ0n) is 13.1. The molecule has 0 aliphatic rings. The van der Waals surface area contributed by atoms with Gasteiger partial charge in [0.2, 0.25) is 0 Å². The van der Waals surface area contributed by atoms with Gasteiger partial charge in [-0.05, 0) is 37.3 Å². The Morgan fingerprint density at radius 1 is 1.24 bits per heavy atom. The Morgan fingerprint density at radius 3 is 2.81 bits per heavy atom. The van der Waals surface area contributed by atoms with Gasteiger partial charge in [0.25, 0.3) is 0 Å². The molecule has 3 nitrogen and oxygen atoms in total. The molecular weight excluding hydrogens is 280 g/mol. The molecule has 2 rings (SSSR count). The van der Waals surface area contributed by atoms with Crippen LogP contribution in [0.4, 0.5) is 5.82 Å². The fraction of sp³-hybridized carbons (Fsp3) is 0.471. The number of thioether (sulfide) groups is 1. The number of anilines is 1. The number of methoxy groups -OCH3 is 1. The van der Waals surface area contributed by atoms with Crippen molar-refractivity contribution in [2.75, 3.05) is 24.7 Å². The van der Waals surface area contributed by atoms with Gasteiger partial charge in [0.15, 0.2) is 0 Å². The highest BCUT2D eigenvalue weighted by molar-refractivity contribution is 7.98. The second-order valence-electron chi connectivity index (χ2n) is 4.99. The molecule has 0 amide bonds. The smallest absolute Gasteiger partial charge is 0.130 e. The summed E-state index contributed by atoms with van der Waals surface area (Å²) in [7, 11) is 1.69. The first-order valence-corrected chi connectivity index (χ1v) is 8.73. The fourth-order valence-corrected chi connectivity index (χ4v) is 3.25. The first-order chi connectivity index (χ1) is 10.3. The molecule has 2 aromatic rings. The molecule has 0 bridgehead atoms. The average molecular weight is 304 g/mol. The summed E-state index contributed by atoms with van der Waals surface area (Å²) in [6, 6.07) is 8.31. The number of fused-ring (bicyclic) bond motifs is 1. The molecule has 1 N–H and O–H groups in total. The summed E-state index contributed by atoms with van der Waals surface area (Å²) >= 11 is 1.98. The Kier molecular flexibility index (Phi) is 6.18. The maximum Gasteiger partial charge on any atom is 0.130 e. The minimum Gasteiger partial charge on any atom is -0.497 e. The van der Waals surface area contributed by atoms with E-state index in [2.05, 4.69) is 31.3 Å². The highest BCUT2D eigenvalue weighted by Gasteiger charge is 2.07. The molecule has 0 aliphatic heterocycles. The molecule has 0 saturated heterocycles. The summed E-state index contributed by atoms with van der Waals surface area (Å²) in [6.07, 6.45) is 2.53. The maximum absolute atomic E-state index is 5.28. The number of rotatable bonds is 8. The molecule has 0 aliphatic carbocycles. The highest BCUT2D eigenvalue weighted by Crippen LogP contribution is 2.27. The zero-order valence-corrected chi connectivity index (χ0v) is 13.9. The van der Waals surface area contributed by atoms with E-state index in [1.54, 1.807) is 7.11 Å². The van der Waals surface area contributed by atoms with E-state index in [9.17, 15) is 0 Å². The van der Waals surface area contributed by atoms with Crippen LogP contribution in [0.1, 0.15) is 32.3 Å². The van der Waals surface area contributed by atoms with Crippen LogP contribution in [-0.4, -0.2) is 24.4 Å². The van der Waals surface area contributed by atoms with E-state index in [-0.39, 0.29) is 0 Å². The third-order valence-corrected chi connectivity index (χ3v) is 4.44. The number of ether oxygens (including phenoxy) is 1. The van der Waals surface area contributed by atoms with E-state index < -0.39 is 0 Å². The number of nitrogens with one attached hydrogen (secondary N) is 1. The third kappa shape index (κ3) is 4.27. The molecule has 0 fully saturated rings.